The summed E-state index contributed by atoms with van der Waals surface area (Å²) in [5.74, 6) is 0.767. The molecule has 0 bridgehead atoms. The molecule has 144 valence electrons. The topological polar surface area (TPSA) is 64.1 Å². The molecule has 0 fully saturated rings. The minimum Gasteiger partial charge on any atom is -0.493 e. The number of carbonyl (C=O) groups is 1. The molecule has 4 aromatic rings. The number of thiazole rings is 1. The first-order chi connectivity index (χ1) is 14.2. The van der Waals surface area contributed by atoms with Crippen molar-refractivity contribution >= 4 is 27.5 Å². The zero-order valence-corrected chi connectivity index (χ0v) is 16.7. The van der Waals surface area contributed by atoms with Gasteiger partial charge in [0.25, 0.3) is 5.91 Å². The highest BCUT2D eigenvalue weighted by molar-refractivity contribution is 7.21. The second-order valence-corrected chi connectivity index (χ2v) is 8.12. The molecule has 3 heterocycles. The quantitative estimate of drug-likeness (QED) is 0.529. The fourth-order valence-corrected chi connectivity index (χ4v) is 4.72. The Hall–Kier alpha value is -3.25. The van der Waals surface area contributed by atoms with Crippen molar-refractivity contribution in [2.75, 3.05) is 6.61 Å². The van der Waals surface area contributed by atoms with Crippen LogP contribution in [0, 0.1) is 6.92 Å². The van der Waals surface area contributed by atoms with E-state index in [1.54, 1.807) is 17.5 Å². The summed E-state index contributed by atoms with van der Waals surface area (Å²) >= 11 is 1.59. The number of hydrogen-bond acceptors (Lipinski definition) is 5. The van der Waals surface area contributed by atoms with E-state index in [-0.39, 0.29) is 11.9 Å². The van der Waals surface area contributed by atoms with Crippen LogP contribution < -0.4 is 10.1 Å². The number of aromatic nitrogens is 2. The molecule has 0 saturated heterocycles. The molecule has 0 aliphatic carbocycles. The van der Waals surface area contributed by atoms with Crippen molar-refractivity contribution in [2.45, 2.75) is 19.4 Å². The van der Waals surface area contributed by atoms with Crippen LogP contribution in [0.25, 0.3) is 20.8 Å². The van der Waals surface area contributed by atoms with Gasteiger partial charge in [0.05, 0.1) is 22.9 Å². The maximum absolute atomic E-state index is 12.9. The van der Waals surface area contributed by atoms with Gasteiger partial charge in [-0.2, -0.15) is 0 Å². The SMILES string of the molecule is Cc1cnccc1-c1nc2ccc(C(=O)N[C@H]3CCOc4ccccc43)cc2s1. The molecule has 0 unspecified atom stereocenters. The van der Waals surface area contributed by atoms with E-state index in [1.807, 2.05) is 61.7 Å². The van der Waals surface area contributed by atoms with Gasteiger partial charge in [-0.15, -0.1) is 11.3 Å². The van der Waals surface area contributed by atoms with E-state index in [2.05, 4.69) is 10.3 Å². The maximum Gasteiger partial charge on any atom is 0.251 e. The van der Waals surface area contributed by atoms with Crippen LogP contribution in [0.2, 0.25) is 0 Å². The number of ether oxygens (including phenoxy) is 1. The van der Waals surface area contributed by atoms with E-state index < -0.39 is 0 Å². The number of pyridine rings is 1. The van der Waals surface area contributed by atoms with Crippen LogP contribution in [-0.4, -0.2) is 22.5 Å². The van der Waals surface area contributed by atoms with Gasteiger partial charge in [-0.25, -0.2) is 4.98 Å². The second-order valence-electron chi connectivity index (χ2n) is 7.09. The second kappa shape index (κ2) is 7.29. The van der Waals surface area contributed by atoms with Gasteiger partial charge in [0.2, 0.25) is 0 Å². The molecule has 2 aromatic heterocycles. The standard InChI is InChI=1S/C23H19N3O2S/c1-14-13-24-10-8-16(14)23-26-19-7-6-15(12-21(19)29-23)22(27)25-18-9-11-28-20-5-3-2-4-17(18)20/h2-8,10,12-13,18H,9,11H2,1H3,(H,25,27)/t18-/m0/s1. The summed E-state index contributed by atoms with van der Waals surface area (Å²) in [6.07, 6.45) is 4.38. The number of amides is 1. The molecule has 0 radical (unpaired) electrons. The van der Waals surface area contributed by atoms with Crippen molar-refractivity contribution in [2.24, 2.45) is 0 Å². The molecule has 2 aromatic carbocycles. The van der Waals surface area contributed by atoms with E-state index in [9.17, 15) is 4.79 Å². The summed E-state index contributed by atoms with van der Waals surface area (Å²) in [5.41, 5.74) is 4.73. The predicted octanol–water partition coefficient (Wildman–Crippen LogP) is 4.92. The zero-order valence-electron chi connectivity index (χ0n) is 15.9. The fraction of sp³-hybridized carbons (Fsp3) is 0.174. The number of nitrogens with zero attached hydrogens (tertiary/aromatic N) is 2. The molecular weight excluding hydrogens is 382 g/mol. The molecule has 1 atom stereocenters. The number of fused-ring (bicyclic) bond motifs is 2. The number of carbonyl (C=O) groups excluding carboxylic acids is 1. The lowest BCUT2D eigenvalue weighted by molar-refractivity contribution is 0.0925. The molecule has 0 spiro atoms. The highest BCUT2D eigenvalue weighted by Crippen LogP contribution is 2.33. The first kappa shape index (κ1) is 17.8. The Morgan fingerprint density at radius 1 is 1.21 bits per heavy atom. The predicted molar refractivity (Wildman–Crippen MR) is 114 cm³/mol. The lowest BCUT2D eigenvalue weighted by Gasteiger charge is -2.26. The van der Waals surface area contributed by atoms with Crippen molar-refractivity contribution in [3.05, 3.63) is 77.6 Å². The zero-order chi connectivity index (χ0) is 19.8. The number of nitrogens with one attached hydrogen (secondary N) is 1. The van der Waals surface area contributed by atoms with Crippen molar-refractivity contribution in [1.29, 1.82) is 0 Å². The van der Waals surface area contributed by atoms with Gasteiger partial charge in [0.15, 0.2) is 0 Å². The van der Waals surface area contributed by atoms with Crippen LogP contribution in [0.3, 0.4) is 0 Å². The monoisotopic (exact) mass is 401 g/mol. The number of hydrogen-bond donors (Lipinski definition) is 1. The average molecular weight is 401 g/mol. The molecule has 5 rings (SSSR count). The third kappa shape index (κ3) is 3.36. The molecule has 0 saturated carbocycles. The normalized spacial score (nSPS) is 15.6. The van der Waals surface area contributed by atoms with Crippen molar-refractivity contribution in [1.82, 2.24) is 15.3 Å². The molecule has 29 heavy (non-hydrogen) atoms. The van der Waals surface area contributed by atoms with E-state index in [0.29, 0.717) is 12.2 Å². The maximum atomic E-state index is 12.9. The highest BCUT2D eigenvalue weighted by Gasteiger charge is 2.23. The summed E-state index contributed by atoms with van der Waals surface area (Å²) in [6, 6.07) is 15.5. The van der Waals surface area contributed by atoms with E-state index in [1.165, 1.54) is 0 Å². The van der Waals surface area contributed by atoms with Gasteiger partial charge >= 0.3 is 0 Å². The molecule has 5 nitrogen and oxygen atoms in total. The van der Waals surface area contributed by atoms with Gasteiger partial charge in [-0.3, -0.25) is 9.78 Å². The Balaban J connectivity index is 1.42. The minimum atomic E-state index is -0.0800. The summed E-state index contributed by atoms with van der Waals surface area (Å²) in [5, 5.41) is 4.10. The summed E-state index contributed by atoms with van der Waals surface area (Å²) in [7, 11) is 0. The van der Waals surface area contributed by atoms with E-state index in [0.717, 1.165) is 44.1 Å². The van der Waals surface area contributed by atoms with Crippen molar-refractivity contribution < 1.29 is 9.53 Å². The Kier molecular flexibility index (Phi) is 4.48. The lowest BCUT2D eigenvalue weighted by atomic mass is 10.00. The fourth-order valence-electron chi connectivity index (χ4n) is 3.63. The van der Waals surface area contributed by atoms with Crippen LogP contribution >= 0.6 is 11.3 Å². The molecule has 1 amide bonds. The molecule has 6 heteroatoms. The summed E-state index contributed by atoms with van der Waals surface area (Å²) < 4.78 is 6.69. The molecule has 1 aliphatic heterocycles. The van der Waals surface area contributed by atoms with E-state index in [4.69, 9.17) is 9.72 Å². The van der Waals surface area contributed by atoms with Crippen LogP contribution in [0.15, 0.2) is 60.9 Å². The van der Waals surface area contributed by atoms with Gasteiger partial charge in [-0.1, -0.05) is 18.2 Å². The van der Waals surface area contributed by atoms with Crippen LogP contribution in [0.5, 0.6) is 5.75 Å². The molecular formula is C23H19N3O2S. The lowest BCUT2D eigenvalue weighted by Crippen LogP contribution is -2.32. The largest absolute Gasteiger partial charge is 0.493 e. The van der Waals surface area contributed by atoms with Crippen molar-refractivity contribution in [3.63, 3.8) is 0 Å². The van der Waals surface area contributed by atoms with Crippen LogP contribution in [-0.2, 0) is 0 Å². The van der Waals surface area contributed by atoms with Crippen LogP contribution in [0.1, 0.15) is 33.9 Å². The Labute approximate surface area is 172 Å². The van der Waals surface area contributed by atoms with Gasteiger partial charge in [0.1, 0.15) is 10.8 Å². The summed E-state index contributed by atoms with van der Waals surface area (Å²) in [4.78, 5) is 21.8. The Bertz CT molecular complexity index is 1220. The Morgan fingerprint density at radius 2 is 2.10 bits per heavy atom. The van der Waals surface area contributed by atoms with Gasteiger partial charge in [0, 0.05) is 35.5 Å². The first-order valence-electron chi connectivity index (χ1n) is 9.53. The first-order valence-corrected chi connectivity index (χ1v) is 10.3. The smallest absolute Gasteiger partial charge is 0.251 e. The van der Waals surface area contributed by atoms with E-state index >= 15 is 0 Å². The Morgan fingerprint density at radius 3 is 3.00 bits per heavy atom. The number of aryl methyl sites for hydroxylation is 1. The van der Waals surface area contributed by atoms with Crippen LogP contribution in [0.4, 0.5) is 0 Å². The minimum absolute atomic E-state index is 0.0420. The molecule has 1 aliphatic rings. The third-order valence-corrected chi connectivity index (χ3v) is 6.22. The summed E-state index contributed by atoms with van der Waals surface area (Å²) in [6.45, 7) is 2.63. The molecule has 1 N–H and O–H groups in total. The van der Waals surface area contributed by atoms with Crippen molar-refractivity contribution in [3.8, 4) is 16.3 Å². The van der Waals surface area contributed by atoms with Gasteiger partial charge in [-0.05, 0) is 42.8 Å². The highest BCUT2D eigenvalue weighted by atomic mass is 32.1. The average Bonchev–Trinajstić information content (AvgIpc) is 3.17. The number of benzene rings is 2. The van der Waals surface area contributed by atoms with Gasteiger partial charge < -0.3 is 10.1 Å². The number of para-hydroxylation sites is 1. The third-order valence-electron chi connectivity index (χ3n) is 5.17. The number of rotatable bonds is 3.